The van der Waals surface area contributed by atoms with E-state index < -0.39 is 4.92 Å². The Morgan fingerprint density at radius 3 is 2.23 bits per heavy atom. The summed E-state index contributed by atoms with van der Waals surface area (Å²) in [5, 5.41) is 10.8. The van der Waals surface area contributed by atoms with Crippen LogP contribution in [0.15, 0.2) is 42.5 Å². The first-order chi connectivity index (χ1) is 15.0. The highest BCUT2D eigenvalue weighted by Crippen LogP contribution is 2.24. The number of anilines is 1. The Labute approximate surface area is 181 Å². The third-order valence-corrected chi connectivity index (χ3v) is 6.29. The third-order valence-electron chi connectivity index (χ3n) is 6.29. The second kappa shape index (κ2) is 9.29. The minimum absolute atomic E-state index is 0.00894. The van der Waals surface area contributed by atoms with Gasteiger partial charge in [0, 0.05) is 62.4 Å². The van der Waals surface area contributed by atoms with Crippen molar-refractivity contribution in [2.24, 2.45) is 0 Å². The molecule has 0 atom stereocenters. The summed E-state index contributed by atoms with van der Waals surface area (Å²) in [7, 11) is 0. The molecule has 0 N–H and O–H groups in total. The summed E-state index contributed by atoms with van der Waals surface area (Å²) in [4.78, 5) is 39.5. The Bertz CT molecular complexity index is 979. The summed E-state index contributed by atoms with van der Waals surface area (Å²) >= 11 is 0. The minimum Gasteiger partial charge on any atom is -0.368 e. The lowest BCUT2D eigenvalue weighted by molar-refractivity contribution is -0.384. The number of amides is 1. The average Bonchev–Trinajstić information content (AvgIpc) is 2.82. The normalized spacial score (nSPS) is 16.0. The van der Waals surface area contributed by atoms with E-state index in [9.17, 15) is 19.7 Å². The molecule has 31 heavy (non-hydrogen) atoms. The standard InChI is InChI=1S/C24H27N3O4/c28-23(20-6-5-18-3-1-2-4-19(18)17-20)11-12-24(29)26-15-13-25(14-16-26)21-7-9-22(10-8-21)27(30)31/h5-10,17H,1-4,11-16H2. The molecule has 0 unspecified atom stereocenters. The van der Waals surface area contributed by atoms with E-state index in [0.717, 1.165) is 24.1 Å². The third kappa shape index (κ3) is 4.93. The molecule has 0 aromatic heterocycles. The maximum Gasteiger partial charge on any atom is 0.269 e. The van der Waals surface area contributed by atoms with Gasteiger partial charge in [0.2, 0.25) is 5.91 Å². The number of aryl methyl sites for hydroxylation is 2. The van der Waals surface area contributed by atoms with Gasteiger partial charge in [0.1, 0.15) is 0 Å². The fourth-order valence-electron chi connectivity index (χ4n) is 4.43. The lowest BCUT2D eigenvalue weighted by Crippen LogP contribution is -2.48. The van der Waals surface area contributed by atoms with E-state index in [1.807, 2.05) is 17.0 Å². The highest BCUT2D eigenvalue weighted by Gasteiger charge is 2.22. The number of nitro groups is 1. The zero-order chi connectivity index (χ0) is 21.8. The highest BCUT2D eigenvalue weighted by atomic mass is 16.6. The van der Waals surface area contributed by atoms with Crippen LogP contribution >= 0.6 is 0 Å². The van der Waals surface area contributed by atoms with Crippen molar-refractivity contribution in [1.82, 2.24) is 4.90 Å². The molecule has 1 fully saturated rings. The Morgan fingerprint density at radius 1 is 0.871 bits per heavy atom. The van der Waals surface area contributed by atoms with Gasteiger partial charge in [-0.1, -0.05) is 12.1 Å². The number of carbonyl (C=O) groups excluding carboxylic acids is 2. The Balaban J connectivity index is 1.26. The molecule has 2 aliphatic rings. The number of fused-ring (bicyclic) bond motifs is 1. The molecule has 7 nitrogen and oxygen atoms in total. The van der Waals surface area contributed by atoms with Gasteiger partial charge in [0.05, 0.1) is 4.92 Å². The summed E-state index contributed by atoms with van der Waals surface area (Å²) < 4.78 is 0. The maximum atomic E-state index is 12.6. The fraction of sp³-hybridized carbons (Fsp3) is 0.417. The molecule has 1 heterocycles. The van der Waals surface area contributed by atoms with Crippen molar-refractivity contribution in [3.8, 4) is 0 Å². The molecule has 1 saturated heterocycles. The lowest BCUT2D eigenvalue weighted by atomic mass is 9.89. The van der Waals surface area contributed by atoms with Crippen molar-refractivity contribution in [1.29, 1.82) is 0 Å². The largest absolute Gasteiger partial charge is 0.368 e. The second-order valence-electron chi connectivity index (χ2n) is 8.26. The molecule has 1 aliphatic heterocycles. The van der Waals surface area contributed by atoms with Crippen LogP contribution in [0.5, 0.6) is 0 Å². The molecule has 0 radical (unpaired) electrons. The number of benzene rings is 2. The number of carbonyl (C=O) groups is 2. The van der Waals surface area contributed by atoms with Gasteiger partial charge in [-0.25, -0.2) is 0 Å². The van der Waals surface area contributed by atoms with Gasteiger partial charge in [-0.3, -0.25) is 19.7 Å². The zero-order valence-electron chi connectivity index (χ0n) is 17.6. The molecule has 162 valence electrons. The molecule has 7 heteroatoms. The number of nitrogens with zero attached hydrogens (tertiary/aromatic N) is 3. The monoisotopic (exact) mass is 421 g/mol. The van der Waals surface area contributed by atoms with Crippen LogP contribution in [0.4, 0.5) is 11.4 Å². The van der Waals surface area contributed by atoms with Crippen LogP contribution in [0.3, 0.4) is 0 Å². The fourth-order valence-corrected chi connectivity index (χ4v) is 4.43. The van der Waals surface area contributed by atoms with E-state index in [4.69, 9.17) is 0 Å². The number of hydrogen-bond acceptors (Lipinski definition) is 5. The number of rotatable bonds is 6. The van der Waals surface area contributed by atoms with E-state index in [0.29, 0.717) is 26.2 Å². The van der Waals surface area contributed by atoms with Crippen molar-refractivity contribution >= 4 is 23.1 Å². The number of non-ortho nitro benzene ring substituents is 1. The molecule has 1 amide bonds. The van der Waals surface area contributed by atoms with Gasteiger partial charge in [-0.2, -0.15) is 0 Å². The lowest BCUT2D eigenvalue weighted by Gasteiger charge is -2.36. The topological polar surface area (TPSA) is 83.8 Å². The van der Waals surface area contributed by atoms with Gasteiger partial charge in [-0.15, -0.1) is 0 Å². The summed E-state index contributed by atoms with van der Waals surface area (Å²) in [5.41, 5.74) is 4.34. The van der Waals surface area contributed by atoms with E-state index in [1.165, 1.54) is 36.1 Å². The SMILES string of the molecule is O=C(CCC(=O)N1CCN(c2ccc([N+](=O)[O-])cc2)CC1)c1ccc2c(c1)CCCC2. The Kier molecular flexibility index (Phi) is 6.30. The predicted molar refractivity (Wildman–Crippen MR) is 119 cm³/mol. The molecular formula is C24H27N3O4. The van der Waals surface area contributed by atoms with Gasteiger partial charge in [0.25, 0.3) is 5.69 Å². The molecule has 4 rings (SSSR count). The summed E-state index contributed by atoms with van der Waals surface area (Å²) in [5.74, 6) is 0.0425. The van der Waals surface area contributed by atoms with E-state index in [1.54, 1.807) is 12.1 Å². The predicted octanol–water partition coefficient (Wildman–Crippen LogP) is 3.79. The van der Waals surface area contributed by atoms with E-state index in [2.05, 4.69) is 11.0 Å². The highest BCUT2D eigenvalue weighted by molar-refractivity contribution is 5.98. The van der Waals surface area contributed by atoms with Crippen molar-refractivity contribution in [2.75, 3.05) is 31.1 Å². The van der Waals surface area contributed by atoms with Crippen LogP contribution in [0.25, 0.3) is 0 Å². The van der Waals surface area contributed by atoms with Crippen LogP contribution in [0.2, 0.25) is 0 Å². The van der Waals surface area contributed by atoms with Crippen molar-refractivity contribution in [2.45, 2.75) is 38.5 Å². The number of hydrogen-bond donors (Lipinski definition) is 0. The molecule has 0 saturated carbocycles. The van der Waals surface area contributed by atoms with Crippen LogP contribution in [-0.4, -0.2) is 47.7 Å². The average molecular weight is 421 g/mol. The van der Waals surface area contributed by atoms with Crippen LogP contribution in [0.1, 0.15) is 47.2 Å². The zero-order valence-corrected chi connectivity index (χ0v) is 17.6. The smallest absolute Gasteiger partial charge is 0.269 e. The van der Waals surface area contributed by atoms with Gasteiger partial charge >= 0.3 is 0 Å². The first-order valence-electron chi connectivity index (χ1n) is 10.9. The Morgan fingerprint density at radius 2 is 1.55 bits per heavy atom. The number of nitro benzene ring substituents is 1. The Hall–Kier alpha value is -3.22. The first-order valence-corrected chi connectivity index (χ1v) is 10.9. The molecule has 2 aromatic rings. The summed E-state index contributed by atoms with van der Waals surface area (Å²) in [6.45, 7) is 2.51. The molecule has 1 aliphatic carbocycles. The minimum atomic E-state index is -0.411. The molecule has 0 bridgehead atoms. The van der Waals surface area contributed by atoms with Gasteiger partial charge < -0.3 is 9.80 Å². The quantitative estimate of drug-likeness (QED) is 0.403. The maximum absolute atomic E-state index is 12.6. The summed E-state index contributed by atoms with van der Waals surface area (Å²) in [6, 6.07) is 12.5. The summed E-state index contributed by atoms with van der Waals surface area (Å²) in [6.07, 6.45) is 4.98. The molecular weight excluding hydrogens is 394 g/mol. The van der Waals surface area contributed by atoms with E-state index in [-0.39, 0.29) is 30.2 Å². The van der Waals surface area contributed by atoms with Crippen molar-refractivity contribution in [3.05, 3.63) is 69.3 Å². The molecule has 2 aromatic carbocycles. The second-order valence-corrected chi connectivity index (χ2v) is 8.26. The number of ketones is 1. The first kappa shape index (κ1) is 21.0. The van der Waals surface area contributed by atoms with Crippen molar-refractivity contribution < 1.29 is 14.5 Å². The van der Waals surface area contributed by atoms with E-state index >= 15 is 0 Å². The van der Waals surface area contributed by atoms with Crippen molar-refractivity contribution in [3.63, 3.8) is 0 Å². The number of piperazine rings is 1. The van der Waals surface area contributed by atoms with Crippen LogP contribution in [0, 0.1) is 10.1 Å². The number of Topliss-reactive ketones (excluding diaryl/α,β-unsaturated/α-hetero) is 1. The van der Waals surface area contributed by atoms with Gasteiger partial charge in [0.15, 0.2) is 5.78 Å². The van der Waals surface area contributed by atoms with Gasteiger partial charge in [-0.05, 0) is 55.0 Å². The van der Waals surface area contributed by atoms with Crippen LogP contribution in [-0.2, 0) is 17.6 Å². The molecule has 0 spiro atoms. The van der Waals surface area contributed by atoms with Crippen LogP contribution < -0.4 is 4.90 Å².